The molecule has 0 amide bonds. The SMILES string of the molecule is CCCCCCCCCC(CCCCCCCC)OC(=O)CCCCCCCN(CCO)CCCCCCCC(=O)OCCC(CCCC)CCCCCC. The molecule has 6 heteroatoms. The number of carbonyl (C=O) groups excluding carboxylic acids is 2. The minimum atomic E-state index is -0.0178. The van der Waals surface area contributed by atoms with Gasteiger partial charge in [0.1, 0.15) is 6.10 Å². The summed E-state index contributed by atoms with van der Waals surface area (Å²) in [6.07, 6.45) is 42.4. The highest BCUT2D eigenvalue weighted by molar-refractivity contribution is 5.69. The molecule has 0 saturated carbocycles. The van der Waals surface area contributed by atoms with E-state index in [1.807, 2.05) is 0 Å². The largest absolute Gasteiger partial charge is 0.466 e. The van der Waals surface area contributed by atoms with E-state index in [0.717, 1.165) is 90.3 Å². The summed E-state index contributed by atoms with van der Waals surface area (Å²) in [4.78, 5) is 27.5. The molecule has 0 aromatic rings. The summed E-state index contributed by atoms with van der Waals surface area (Å²) < 4.78 is 11.7. The van der Waals surface area contributed by atoms with Crippen molar-refractivity contribution in [1.29, 1.82) is 0 Å². The van der Waals surface area contributed by atoms with Crippen molar-refractivity contribution in [3.8, 4) is 0 Å². The van der Waals surface area contributed by atoms with Crippen molar-refractivity contribution in [2.45, 2.75) is 265 Å². The van der Waals surface area contributed by atoms with Gasteiger partial charge < -0.3 is 19.5 Å². The molecule has 0 aromatic carbocycles. The molecular formula is C49H97NO5. The number of unbranched alkanes of at least 4 members (excludes halogenated alkanes) is 23. The van der Waals surface area contributed by atoms with E-state index in [4.69, 9.17) is 9.47 Å². The molecule has 328 valence electrons. The first kappa shape index (κ1) is 53.9. The Hall–Kier alpha value is -1.14. The maximum atomic E-state index is 12.8. The predicted octanol–water partition coefficient (Wildman–Crippen LogP) is 14.5. The highest BCUT2D eigenvalue weighted by Gasteiger charge is 2.15. The van der Waals surface area contributed by atoms with E-state index >= 15 is 0 Å². The molecule has 0 heterocycles. The lowest BCUT2D eigenvalue weighted by molar-refractivity contribution is -0.150. The van der Waals surface area contributed by atoms with Crippen LogP contribution in [0.25, 0.3) is 0 Å². The molecule has 0 aliphatic rings. The number of ether oxygens (including phenoxy) is 2. The molecule has 2 unspecified atom stereocenters. The Bertz CT molecular complexity index is 791. The Morgan fingerprint density at radius 3 is 1.35 bits per heavy atom. The Morgan fingerprint density at radius 1 is 0.436 bits per heavy atom. The first-order valence-electron chi connectivity index (χ1n) is 24.7. The summed E-state index contributed by atoms with van der Waals surface area (Å²) in [6, 6.07) is 0. The molecule has 0 spiro atoms. The van der Waals surface area contributed by atoms with Crippen molar-refractivity contribution < 1.29 is 24.2 Å². The summed E-state index contributed by atoms with van der Waals surface area (Å²) in [5.41, 5.74) is 0. The van der Waals surface area contributed by atoms with Crippen LogP contribution in [0.1, 0.15) is 259 Å². The third-order valence-corrected chi connectivity index (χ3v) is 11.7. The third-order valence-electron chi connectivity index (χ3n) is 11.7. The van der Waals surface area contributed by atoms with Crippen molar-refractivity contribution in [3.63, 3.8) is 0 Å². The Morgan fingerprint density at radius 2 is 0.836 bits per heavy atom. The quantitative estimate of drug-likeness (QED) is 0.0490. The molecule has 1 N–H and O–H groups in total. The van der Waals surface area contributed by atoms with E-state index in [1.54, 1.807) is 0 Å². The van der Waals surface area contributed by atoms with Crippen molar-refractivity contribution in [2.75, 3.05) is 32.8 Å². The lowest BCUT2D eigenvalue weighted by Gasteiger charge is -2.21. The number of aliphatic hydroxyl groups excluding tert-OH is 1. The predicted molar refractivity (Wildman–Crippen MR) is 237 cm³/mol. The Labute approximate surface area is 343 Å². The van der Waals surface area contributed by atoms with Crippen LogP contribution in [0.3, 0.4) is 0 Å². The first-order chi connectivity index (χ1) is 27.0. The van der Waals surface area contributed by atoms with Crippen LogP contribution in [-0.4, -0.2) is 60.9 Å². The summed E-state index contributed by atoms with van der Waals surface area (Å²) in [7, 11) is 0. The summed E-state index contributed by atoms with van der Waals surface area (Å²) in [5.74, 6) is 0.706. The average molecular weight is 780 g/mol. The second-order valence-electron chi connectivity index (χ2n) is 17.0. The van der Waals surface area contributed by atoms with Gasteiger partial charge in [0, 0.05) is 19.4 Å². The molecular weight excluding hydrogens is 683 g/mol. The molecule has 0 fully saturated rings. The molecule has 6 nitrogen and oxygen atoms in total. The van der Waals surface area contributed by atoms with Crippen LogP contribution in [0, 0.1) is 5.92 Å². The highest BCUT2D eigenvalue weighted by Crippen LogP contribution is 2.22. The van der Waals surface area contributed by atoms with Gasteiger partial charge in [-0.25, -0.2) is 0 Å². The second kappa shape index (κ2) is 44.0. The van der Waals surface area contributed by atoms with Gasteiger partial charge in [-0.3, -0.25) is 9.59 Å². The number of nitrogens with zero attached hydrogens (tertiary/aromatic N) is 1. The van der Waals surface area contributed by atoms with Gasteiger partial charge in [0.25, 0.3) is 0 Å². The normalized spacial score (nSPS) is 12.7. The van der Waals surface area contributed by atoms with E-state index in [0.29, 0.717) is 25.4 Å². The van der Waals surface area contributed by atoms with Gasteiger partial charge in [0.15, 0.2) is 0 Å². The fourth-order valence-corrected chi connectivity index (χ4v) is 7.93. The number of rotatable bonds is 45. The lowest BCUT2D eigenvalue weighted by Crippen LogP contribution is -2.29. The molecule has 0 rings (SSSR count). The van der Waals surface area contributed by atoms with Crippen LogP contribution in [0.5, 0.6) is 0 Å². The van der Waals surface area contributed by atoms with Crippen molar-refractivity contribution in [2.24, 2.45) is 5.92 Å². The van der Waals surface area contributed by atoms with Crippen LogP contribution < -0.4 is 0 Å². The average Bonchev–Trinajstić information content (AvgIpc) is 3.18. The Kier molecular flexibility index (Phi) is 43.1. The van der Waals surface area contributed by atoms with Gasteiger partial charge >= 0.3 is 11.9 Å². The molecule has 0 aliphatic carbocycles. The molecule has 0 aliphatic heterocycles. The summed E-state index contributed by atoms with van der Waals surface area (Å²) >= 11 is 0. The fraction of sp³-hybridized carbons (Fsp3) is 0.959. The van der Waals surface area contributed by atoms with E-state index in [2.05, 4.69) is 32.6 Å². The van der Waals surface area contributed by atoms with Crippen LogP contribution >= 0.6 is 0 Å². The molecule has 0 aromatic heterocycles. The van der Waals surface area contributed by atoms with E-state index in [1.165, 1.54) is 148 Å². The Balaban J connectivity index is 4.07. The number of esters is 2. The van der Waals surface area contributed by atoms with Crippen LogP contribution in [-0.2, 0) is 19.1 Å². The monoisotopic (exact) mass is 780 g/mol. The zero-order valence-electron chi connectivity index (χ0n) is 37.7. The molecule has 0 saturated heterocycles. The van der Waals surface area contributed by atoms with E-state index in [-0.39, 0.29) is 24.6 Å². The number of hydrogen-bond donors (Lipinski definition) is 1. The van der Waals surface area contributed by atoms with Gasteiger partial charge in [0.05, 0.1) is 13.2 Å². The molecule has 2 atom stereocenters. The van der Waals surface area contributed by atoms with Gasteiger partial charge in [-0.1, -0.05) is 188 Å². The van der Waals surface area contributed by atoms with Gasteiger partial charge in [-0.05, 0) is 76.8 Å². The van der Waals surface area contributed by atoms with Crippen molar-refractivity contribution >= 4 is 11.9 Å². The van der Waals surface area contributed by atoms with Crippen LogP contribution in [0.2, 0.25) is 0 Å². The van der Waals surface area contributed by atoms with Gasteiger partial charge in [0.2, 0.25) is 0 Å². The maximum Gasteiger partial charge on any atom is 0.306 e. The number of carbonyl (C=O) groups is 2. The smallest absolute Gasteiger partial charge is 0.306 e. The highest BCUT2D eigenvalue weighted by atomic mass is 16.5. The summed E-state index contributed by atoms with van der Waals surface area (Å²) in [5, 5.41) is 9.60. The van der Waals surface area contributed by atoms with Gasteiger partial charge in [-0.2, -0.15) is 0 Å². The second-order valence-corrected chi connectivity index (χ2v) is 17.0. The summed E-state index contributed by atoms with van der Waals surface area (Å²) in [6.45, 7) is 12.7. The van der Waals surface area contributed by atoms with E-state index < -0.39 is 0 Å². The third kappa shape index (κ3) is 39.5. The maximum absolute atomic E-state index is 12.8. The van der Waals surface area contributed by atoms with Gasteiger partial charge in [-0.15, -0.1) is 0 Å². The standard InChI is InChI=1S/C49H97NO5/c1-5-9-13-16-18-22-29-37-47(36-28-21-17-14-10-6-2)55-49(53)39-31-24-20-26-33-42-50(43-44-51)41-32-25-19-23-30-38-48(52)54-45-40-46(34-12-8-4)35-27-15-11-7-3/h46-47,51H,5-45H2,1-4H3. The molecule has 55 heavy (non-hydrogen) atoms. The number of aliphatic hydroxyl groups is 1. The lowest BCUT2D eigenvalue weighted by atomic mass is 9.92. The first-order valence-corrected chi connectivity index (χ1v) is 24.7. The minimum absolute atomic E-state index is 0.0163. The number of hydrogen-bond acceptors (Lipinski definition) is 6. The zero-order valence-corrected chi connectivity index (χ0v) is 37.7. The molecule has 0 radical (unpaired) electrons. The van der Waals surface area contributed by atoms with Crippen LogP contribution in [0.4, 0.5) is 0 Å². The van der Waals surface area contributed by atoms with E-state index in [9.17, 15) is 14.7 Å². The minimum Gasteiger partial charge on any atom is -0.466 e. The topological polar surface area (TPSA) is 76.1 Å². The van der Waals surface area contributed by atoms with Crippen LogP contribution in [0.15, 0.2) is 0 Å². The molecule has 0 bridgehead atoms. The van der Waals surface area contributed by atoms with Crippen molar-refractivity contribution in [1.82, 2.24) is 4.90 Å². The van der Waals surface area contributed by atoms with Crippen molar-refractivity contribution in [3.05, 3.63) is 0 Å². The fourth-order valence-electron chi connectivity index (χ4n) is 7.93. The zero-order chi connectivity index (χ0) is 40.3.